The lowest BCUT2D eigenvalue weighted by molar-refractivity contribution is -0.146. The summed E-state index contributed by atoms with van der Waals surface area (Å²) < 4.78 is 5.43. The van der Waals surface area contributed by atoms with E-state index in [1.165, 1.54) is 0 Å². The summed E-state index contributed by atoms with van der Waals surface area (Å²) >= 11 is 8.39. The highest BCUT2D eigenvalue weighted by atomic mass is 32.1. The molecule has 148 valence electrons. The molecule has 0 aliphatic rings. The van der Waals surface area contributed by atoms with Gasteiger partial charge in [-0.25, -0.2) is 0 Å². The van der Waals surface area contributed by atoms with Gasteiger partial charge >= 0.3 is 5.97 Å². The molecule has 0 saturated carbocycles. The molecule has 27 heavy (non-hydrogen) atoms. The second-order valence-corrected chi connectivity index (χ2v) is 6.81. The van der Waals surface area contributed by atoms with Crippen molar-refractivity contribution >= 4 is 43.0 Å². The normalized spacial score (nSPS) is 13.1. The Morgan fingerprint density at radius 1 is 1.26 bits per heavy atom. The average Bonchev–Trinajstić information content (AvgIpc) is 2.68. The van der Waals surface area contributed by atoms with Gasteiger partial charge in [-0.3, -0.25) is 4.79 Å². The van der Waals surface area contributed by atoms with E-state index in [1.54, 1.807) is 0 Å². The van der Waals surface area contributed by atoms with Gasteiger partial charge in [0.05, 0.1) is 0 Å². The second-order valence-electron chi connectivity index (χ2n) is 6.00. The third-order valence-electron chi connectivity index (χ3n) is 3.90. The lowest BCUT2D eigenvalue weighted by Crippen LogP contribution is -2.30. The summed E-state index contributed by atoms with van der Waals surface area (Å²) in [4.78, 5) is 14.0. The molecular weight excluding hydrogens is 376 g/mol. The standard InChI is InChI=1S/C21H30N2O2S2/c1-4-17(11-13-22-2)5-6-18-7-9-19(10-8-18)23(3)15-21(24)25-20(16-27)12-14-26/h4-11,13,20,22,26-27H,12,14-16H2,1-3H3/b6-5+,13-11-,17-4-. The molecule has 0 aliphatic heterocycles. The number of ether oxygens (including phenoxy) is 1. The number of carbonyl (C=O) groups excluding carboxylic acids is 1. The minimum Gasteiger partial charge on any atom is -0.460 e. The van der Waals surface area contributed by atoms with Crippen LogP contribution in [0, 0.1) is 0 Å². The molecule has 0 saturated heterocycles. The van der Waals surface area contributed by atoms with Crippen LogP contribution in [-0.2, 0) is 9.53 Å². The lowest BCUT2D eigenvalue weighted by atomic mass is 10.1. The minimum absolute atomic E-state index is 0.183. The molecule has 0 bridgehead atoms. The summed E-state index contributed by atoms with van der Waals surface area (Å²) in [6.07, 6.45) is 10.6. The highest BCUT2D eigenvalue weighted by molar-refractivity contribution is 7.80. The van der Waals surface area contributed by atoms with Crippen LogP contribution in [0.15, 0.2) is 54.3 Å². The molecule has 4 nitrogen and oxygen atoms in total. The van der Waals surface area contributed by atoms with Crippen LogP contribution < -0.4 is 10.2 Å². The highest BCUT2D eigenvalue weighted by Gasteiger charge is 2.14. The maximum Gasteiger partial charge on any atom is 0.325 e. The molecule has 0 radical (unpaired) electrons. The largest absolute Gasteiger partial charge is 0.460 e. The van der Waals surface area contributed by atoms with E-state index in [4.69, 9.17) is 4.74 Å². The summed E-state index contributed by atoms with van der Waals surface area (Å²) in [5.74, 6) is 0.925. The molecule has 1 unspecified atom stereocenters. The zero-order valence-electron chi connectivity index (χ0n) is 16.3. The molecule has 1 atom stereocenters. The van der Waals surface area contributed by atoms with Crippen molar-refractivity contribution in [2.45, 2.75) is 19.4 Å². The van der Waals surface area contributed by atoms with Crippen molar-refractivity contribution in [3.8, 4) is 0 Å². The summed E-state index contributed by atoms with van der Waals surface area (Å²) in [6, 6.07) is 8.05. The van der Waals surface area contributed by atoms with Crippen LogP contribution in [0.25, 0.3) is 6.08 Å². The maximum atomic E-state index is 12.1. The number of hydrogen-bond acceptors (Lipinski definition) is 6. The Morgan fingerprint density at radius 2 is 1.96 bits per heavy atom. The fourth-order valence-electron chi connectivity index (χ4n) is 2.30. The van der Waals surface area contributed by atoms with E-state index in [0.29, 0.717) is 17.9 Å². The predicted octanol–water partition coefficient (Wildman–Crippen LogP) is 3.98. The minimum atomic E-state index is -0.253. The van der Waals surface area contributed by atoms with E-state index in [1.807, 2.05) is 68.5 Å². The van der Waals surface area contributed by atoms with Crippen molar-refractivity contribution in [2.24, 2.45) is 0 Å². The van der Waals surface area contributed by atoms with E-state index in [0.717, 1.165) is 16.8 Å². The predicted molar refractivity (Wildman–Crippen MR) is 123 cm³/mol. The first-order chi connectivity index (χ1) is 13.0. The summed E-state index contributed by atoms with van der Waals surface area (Å²) in [5.41, 5.74) is 3.17. The summed E-state index contributed by atoms with van der Waals surface area (Å²) in [6.45, 7) is 2.20. The number of thiol groups is 2. The number of nitrogens with one attached hydrogen (secondary N) is 1. The molecule has 1 aromatic rings. The Morgan fingerprint density at radius 3 is 2.52 bits per heavy atom. The summed E-state index contributed by atoms with van der Waals surface area (Å²) in [7, 11) is 3.75. The molecule has 6 heteroatoms. The van der Waals surface area contributed by atoms with E-state index >= 15 is 0 Å². The number of nitrogens with zero attached hydrogens (tertiary/aromatic N) is 1. The molecule has 0 heterocycles. The first kappa shape index (κ1) is 23.2. The molecule has 1 aromatic carbocycles. The number of anilines is 1. The fourth-order valence-corrected chi connectivity index (χ4v) is 2.84. The van der Waals surface area contributed by atoms with Gasteiger partial charge in [0.2, 0.25) is 0 Å². The average molecular weight is 407 g/mol. The van der Waals surface area contributed by atoms with Gasteiger partial charge in [-0.1, -0.05) is 30.4 Å². The van der Waals surface area contributed by atoms with Gasteiger partial charge in [-0.05, 0) is 54.6 Å². The Kier molecular flexibility index (Phi) is 11.5. The quantitative estimate of drug-likeness (QED) is 0.295. The molecule has 1 N–H and O–H groups in total. The number of allylic oxidation sites excluding steroid dienone is 4. The number of rotatable bonds is 11. The van der Waals surface area contributed by atoms with Crippen LogP contribution in [-0.4, -0.2) is 44.2 Å². The van der Waals surface area contributed by atoms with Crippen molar-refractivity contribution < 1.29 is 9.53 Å². The van der Waals surface area contributed by atoms with E-state index in [2.05, 4.69) is 42.7 Å². The van der Waals surface area contributed by atoms with Crippen LogP contribution in [0.5, 0.6) is 0 Å². The smallest absolute Gasteiger partial charge is 0.325 e. The molecule has 0 amide bonds. The van der Waals surface area contributed by atoms with Crippen molar-refractivity contribution in [3.05, 3.63) is 59.8 Å². The SMILES string of the molecule is C/C=C(\C=C/NC)/C=C/c1ccc(N(C)CC(=O)OC(CS)CCS)cc1. The number of hydrogen-bond donors (Lipinski definition) is 3. The van der Waals surface area contributed by atoms with Crippen LogP contribution in [0.2, 0.25) is 0 Å². The molecule has 0 spiro atoms. The third kappa shape index (κ3) is 9.11. The molecule has 0 fully saturated rings. The highest BCUT2D eigenvalue weighted by Crippen LogP contribution is 2.16. The zero-order valence-corrected chi connectivity index (χ0v) is 18.0. The first-order valence-electron chi connectivity index (χ1n) is 8.94. The van der Waals surface area contributed by atoms with Crippen LogP contribution in [0.1, 0.15) is 18.9 Å². The number of likely N-dealkylation sites (N-methyl/N-ethyl adjacent to an activating group) is 1. The molecule has 1 rings (SSSR count). The van der Waals surface area contributed by atoms with Gasteiger partial charge in [0.1, 0.15) is 12.6 Å². The van der Waals surface area contributed by atoms with Gasteiger partial charge in [-0.15, -0.1) is 0 Å². The Balaban J connectivity index is 2.64. The van der Waals surface area contributed by atoms with Crippen molar-refractivity contribution in [2.75, 3.05) is 37.0 Å². The maximum absolute atomic E-state index is 12.1. The summed E-state index contributed by atoms with van der Waals surface area (Å²) in [5, 5.41) is 2.98. The van der Waals surface area contributed by atoms with Crippen molar-refractivity contribution in [3.63, 3.8) is 0 Å². The van der Waals surface area contributed by atoms with E-state index < -0.39 is 0 Å². The van der Waals surface area contributed by atoms with Crippen molar-refractivity contribution in [1.29, 1.82) is 0 Å². The molecule has 0 aliphatic carbocycles. The Bertz CT molecular complexity index is 655. The number of carbonyl (C=O) groups is 1. The zero-order chi connectivity index (χ0) is 20.1. The van der Waals surface area contributed by atoms with Gasteiger partial charge in [0, 0.05) is 25.5 Å². The van der Waals surface area contributed by atoms with Gasteiger partial charge < -0.3 is 15.0 Å². The Labute approximate surface area is 174 Å². The monoisotopic (exact) mass is 406 g/mol. The lowest BCUT2D eigenvalue weighted by Gasteiger charge is -2.21. The van der Waals surface area contributed by atoms with Gasteiger partial charge in [0.25, 0.3) is 0 Å². The van der Waals surface area contributed by atoms with Crippen LogP contribution >= 0.6 is 25.3 Å². The van der Waals surface area contributed by atoms with E-state index in [-0.39, 0.29) is 18.6 Å². The van der Waals surface area contributed by atoms with Gasteiger partial charge in [0.15, 0.2) is 0 Å². The topological polar surface area (TPSA) is 41.6 Å². The van der Waals surface area contributed by atoms with Crippen LogP contribution in [0.3, 0.4) is 0 Å². The van der Waals surface area contributed by atoms with Crippen molar-refractivity contribution in [1.82, 2.24) is 5.32 Å². The van der Waals surface area contributed by atoms with E-state index in [9.17, 15) is 4.79 Å². The molecular formula is C21H30N2O2S2. The fraction of sp³-hybridized carbons (Fsp3) is 0.381. The Hall–Kier alpha value is -1.79. The first-order valence-corrected chi connectivity index (χ1v) is 10.2. The second kappa shape index (κ2) is 13.4. The van der Waals surface area contributed by atoms with Crippen LogP contribution in [0.4, 0.5) is 5.69 Å². The third-order valence-corrected chi connectivity index (χ3v) is 4.56. The molecule has 0 aromatic heterocycles. The van der Waals surface area contributed by atoms with Gasteiger partial charge in [-0.2, -0.15) is 25.3 Å². The number of esters is 1. The number of benzene rings is 1.